The fourth-order valence-corrected chi connectivity index (χ4v) is 8.87. The maximum Gasteiger partial charge on any atom is 0.157 e. The van der Waals surface area contributed by atoms with E-state index in [1.165, 1.54) is 55.6 Å². The van der Waals surface area contributed by atoms with E-state index in [1.807, 2.05) is 25.2 Å². The summed E-state index contributed by atoms with van der Waals surface area (Å²) in [6.45, 7) is 5.22. The molecule has 2 aliphatic rings. The number of benzene rings is 7. The first-order chi connectivity index (χ1) is 26.0. The molecule has 0 atom stereocenters. The summed E-state index contributed by atoms with van der Waals surface area (Å²) in [6.07, 6.45) is 0. The lowest BCUT2D eigenvalue weighted by atomic mass is 9.55. The Morgan fingerprint density at radius 1 is 0.491 bits per heavy atom. The van der Waals surface area contributed by atoms with Crippen LogP contribution in [0, 0.1) is 0 Å². The van der Waals surface area contributed by atoms with Gasteiger partial charge in [0.1, 0.15) is 5.84 Å². The van der Waals surface area contributed by atoms with Gasteiger partial charge in [-0.05, 0) is 67.3 Å². The van der Waals surface area contributed by atoms with Crippen molar-refractivity contribution in [2.45, 2.75) is 31.2 Å². The highest BCUT2D eigenvalue weighted by Gasteiger charge is 2.53. The zero-order valence-electron chi connectivity index (χ0n) is 30.3. The Bertz CT molecular complexity index is 2490. The van der Waals surface area contributed by atoms with Crippen LogP contribution in [0.3, 0.4) is 0 Å². The molecule has 0 fully saturated rings. The van der Waals surface area contributed by atoms with Crippen molar-refractivity contribution < 1.29 is 0 Å². The highest BCUT2D eigenvalue weighted by molar-refractivity contribution is 6.12. The van der Waals surface area contributed by atoms with Crippen LogP contribution in [0.1, 0.15) is 63.9 Å². The summed E-state index contributed by atoms with van der Waals surface area (Å²) >= 11 is 0. The Balaban J connectivity index is 1.29. The van der Waals surface area contributed by atoms with Crippen molar-refractivity contribution in [2.75, 3.05) is 7.05 Å². The number of nitrogens with one attached hydrogen (secondary N) is 1. The molecule has 256 valence electrons. The number of fused-ring (bicyclic) bond motifs is 9. The van der Waals surface area contributed by atoms with E-state index < -0.39 is 5.41 Å². The summed E-state index contributed by atoms with van der Waals surface area (Å²) < 4.78 is 0. The molecule has 3 nitrogen and oxygen atoms in total. The van der Waals surface area contributed by atoms with Gasteiger partial charge in [0, 0.05) is 23.6 Å². The van der Waals surface area contributed by atoms with Crippen molar-refractivity contribution in [3.63, 3.8) is 0 Å². The fourth-order valence-electron chi connectivity index (χ4n) is 8.87. The third kappa shape index (κ3) is 5.18. The summed E-state index contributed by atoms with van der Waals surface area (Å²) in [6, 6.07) is 63.4. The van der Waals surface area contributed by atoms with Gasteiger partial charge in [0.05, 0.1) is 12.0 Å². The van der Waals surface area contributed by atoms with E-state index in [9.17, 15) is 0 Å². The van der Waals surface area contributed by atoms with Crippen LogP contribution in [-0.2, 0) is 17.4 Å². The first-order valence-electron chi connectivity index (χ1n) is 18.5. The smallest absolute Gasteiger partial charge is 0.157 e. The van der Waals surface area contributed by atoms with Gasteiger partial charge in [-0.1, -0.05) is 184 Å². The van der Waals surface area contributed by atoms with E-state index >= 15 is 0 Å². The van der Waals surface area contributed by atoms with Gasteiger partial charge in [-0.2, -0.15) is 0 Å². The van der Waals surface area contributed by atoms with Gasteiger partial charge in [0.25, 0.3) is 0 Å². The summed E-state index contributed by atoms with van der Waals surface area (Å²) in [5.41, 5.74) is 15.4. The minimum absolute atomic E-state index is 0.159. The van der Waals surface area contributed by atoms with Gasteiger partial charge >= 0.3 is 0 Å². The van der Waals surface area contributed by atoms with Crippen molar-refractivity contribution in [1.82, 2.24) is 5.32 Å². The van der Waals surface area contributed by atoms with Crippen molar-refractivity contribution in [3.8, 4) is 22.3 Å². The Morgan fingerprint density at radius 3 is 1.68 bits per heavy atom. The molecule has 0 heterocycles. The lowest BCUT2D eigenvalue weighted by Crippen LogP contribution is -2.40. The Hall–Kier alpha value is -6.32. The minimum atomic E-state index is -0.495. The molecule has 53 heavy (non-hydrogen) atoms. The zero-order chi connectivity index (χ0) is 36.0. The Morgan fingerprint density at radius 2 is 1.02 bits per heavy atom. The average Bonchev–Trinajstić information content (AvgIpc) is 3.51. The molecular weight excluding hydrogens is 643 g/mol. The summed E-state index contributed by atoms with van der Waals surface area (Å²) in [5, 5.41) is 3.38. The number of nitrogens with zero attached hydrogens (tertiary/aromatic N) is 2. The lowest BCUT2D eigenvalue weighted by molar-refractivity contribution is 0.563. The van der Waals surface area contributed by atoms with Crippen LogP contribution >= 0.6 is 0 Å². The molecule has 1 spiro atoms. The van der Waals surface area contributed by atoms with Gasteiger partial charge in [0.2, 0.25) is 0 Å². The van der Waals surface area contributed by atoms with Crippen molar-refractivity contribution in [1.29, 1.82) is 0 Å². The van der Waals surface area contributed by atoms with Crippen molar-refractivity contribution in [2.24, 2.45) is 9.98 Å². The number of rotatable bonds is 5. The van der Waals surface area contributed by atoms with Crippen LogP contribution in [0.4, 0.5) is 0 Å². The molecule has 0 saturated carbocycles. The predicted octanol–water partition coefficient (Wildman–Crippen LogP) is 11.0. The summed E-state index contributed by atoms with van der Waals surface area (Å²) in [7, 11) is 1.93. The third-order valence-electron chi connectivity index (χ3n) is 11.3. The maximum atomic E-state index is 5.37. The van der Waals surface area contributed by atoms with Crippen LogP contribution in [0.15, 0.2) is 186 Å². The van der Waals surface area contributed by atoms with Gasteiger partial charge < -0.3 is 5.32 Å². The largest absolute Gasteiger partial charge is 0.373 e. The van der Waals surface area contributed by atoms with Crippen LogP contribution in [0.2, 0.25) is 0 Å². The van der Waals surface area contributed by atoms with Crippen LogP contribution in [-0.4, -0.2) is 18.7 Å². The Kier molecular flexibility index (Phi) is 8.00. The molecule has 0 bridgehead atoms. The number of amidine groups is 2. The molecule has 0 aliphatic heterocycles. The summed E-state index contributed by atoms with van der Waals surface area (Å²) in [4.78, 5) is 10.7. The van der Waals surface area contributed by atoms with Crippen LogP contribution in [0.5, 0.6) is 0 Å². The van der Waals surface area contributed by atoms with E-state index in [4.69, 9.17) is 9.98 Å². The maximum absolute atomic E-state index is 5.37. The second kappa shape index (κ2) is 13.0. The monoisotopic (exact) mass is 683 g/mol. The molecule has 0 radical (unpaired) electrons. The molecular formula is C50H41N3. The minimum Gasteiger partial charge on any atom is -0.373 e. The number of aliphatic imine (C=N–C) groups is 2. The molecule has 7 aromatic rings. The highest BCUT2D eigenvalue weighted by Crippen LogP contribution is 2.62. The standard InChI is InChI=1S/C50H41N3/c1-49(2)42-26-14-16-28-44(42)50(45-29-17-15-27-43(45)49)41-25-13-12-24-39(41)40-31-30-36(32-46(40)50)48(53-47(51-3)35-20-8-5-9-21-35)52-33-37-22-10-11-23-38(37)34-18-6-4-7-19-34/h4-32H,33H2,1-3H3,(H,51,52,53). The van der Waals surface area contributed by atoms with E-state index in [0.29, 0.717) is 12.4 Å². The van der Waals surface area contributed by atoms with Gasteiger partial charge in [-0.25, -0.2) is 4.99 Å². The molecule has 2 aliphatic carbocycles. The fraction of sp³-hybridized carbons (Fsp3) is 0.120. The third-order valence-corrected chi connectivity index (χ3v) is 11.3. The second-order valence-corrected chi connectivity index (χ2v) is 14.5. The molecule has 1 N–H and O–H groups in total. The zero-order valence-corrected chi connectivity index (χ0v) is 30.3. The van der Waals surface area contributed by atoms with E-state index in [-0.39, 0.29) is 5.41 Å². The van der Waals surface area contributed by atoms with Gasteiger partial charge in [-0.3, -0.25) is 4.99 Å². The average molecular weight is 684 g/mol. The van der Waals surface area contributed by atoms with Crippen LogP contribution in [0.25, 0.3) is 22.3 Å². The predicted molar refractivity (Wildman–Crippen MR) is 220 cm³/mol. The van der Waals surface area contributed by atoms with Crippen molar-refractivity contribution >= 4 is 11.7 Å². The molecule has 0 aromatic heterocycles. The Labute approximate surface area is 312 Å². The molecule has 0 saturated heterocycles. The quantitative estimate of drug-likeness (QED) is 0.142. The van der Waals surface area contributed by atoms with Crippen LogP contribution < -0.4 is 5.32 Å². The number of hydrogen-bond acceptors (Lipinski definition) is 1. The van der Waals surface area contributed by atoms with Crippen molar-refractivity contribution in [3.05, 3.63) is 226 Å². The molecule has 7 aromatic carbocycles. The second-order valence-electron chi connectivity index (χ2n) is 14.5. The normalized spacial score (nSPS) is 14.9. The SMILES string of the molecule is CN/C(=N\C(=N/Cc1ccccc1-c1ccccc1)c1ccc2c(c1)C1(c3ccccc3-2)c2ccccc2C(C)(C)c2ccccc21)c1ccccc1. The number of hydrogen-bond donors (Lipinski definition) is 1. The topological polar surface area (TPSA) is 36.8 Å². The molecule has 9 rings (SSSR count). The van der Waals surface area contributed by atoms with E-state index in [2.05, 4.69) is 177 Å². The van der Waals surface area contributed by atoms with E-state index in [0.717, 1.165) is 22.5 Å². The first-order valence-corrected chi connectivity index (χ1v) is 18.5. The van der Waals surface area contributed by atoms with E-state index in [1.54, 1.807) is 0 Å². The lowest BCUT2D eigenvalue weighted by Gasteiger charge is -2.46. The molecule has 3 heteroatoms. The summed E-state index contributed by atoms with van der Waals surface area (Å²) in [5.74, 6) is 1.46. The van der Waals surface area contributed by atoms with Gasteiger partial charge in [0.15, 0.2) is 5.84 Å². The van der Waals surface area contributed by atoms with Gasteiger partial charge in [-0.15, -0.1) is 0 Å². The first kappa shape index (κ1) is 32.6. The molecule has 0 amide bonds. The highest BCUT2D eigenvalue weighted by atomic mass is 15.0. The molecule has 0 unspecified atom stereocenters.